The second-order valence-electron chi connectivity index (χ2n) is 11.3. The van der Waals surface area contributed by atoms with Gasteiger partial charge in [-0.15, -0.1) is 0 Å². The first-order valence-corrected chi connectivity index (χ1v) is 14.1. The lowest BCUT2D eigenvalue weighted by molar-refractivity contribution is 0.0913. The molecular weight excluding hydrogens is 529 g/mol. The molecule has 1 aliphatic carbocycles. The molecule has 2 aliphatic rings. The number of nitrogens with zero attached hydrogens (tertiary/aromatic N) is 3. The van der Waals surface area contributed by atoms with Gasteiger partial charge in [0.05, 0.1) is 23.2 Å². The second-order valence-corrected chi connectivity index (χ2v) is 11.3. The van der Waals surface area contributed by atoms with E-state index >= 15 is 4.39 Å². The lowest BCUT2D eigenvalue weighted by atomic mass is 10.0. The Morgan fingerprint density at radius 1 is 1.10 bits per heavy atom. The number of methoxy groups -OCH3 is 1. The van der Waals surface area contributed by atoms with Gasteiger partial charge < -0.3 is 20.3 Å². The molecule has 0 spiro atoms. The number of ether oxygens (including phenoxy) is 1. The summed E-state index contributed by atoms with van der Waals surface area (Å²) in [6.45, 7) is 5.11. The summed E-state index contributed by atoms with van der Waals surface area (Å²) in [5, 5.41) is 5.77. The Balaban J connectivity index is 1.32. The predicted octanol–water partition coefficient (Wildman–Crippen LogP) is 3.87. The average molecular weight is 566 g/mol. The smallest absolute Gasteiger partial charge is 0.331 e. The standard InChI is InChI=1S/C30H36FN5O5/c1-18(2)36-26-14-24(31)25(13-23(26)28(38)35(30(36)40)15-19-6-7-19)33-29(39)34-12-4-5-22(16-34)32-27(37)21-10-8-20(9-11-21)17-41-3/h8-11,13-14,18-19,22H,4-7,12,15-17H2,1-3H3,(H,32,37)(H,33,39)/t22-/m1/s1. The Kier molecular flexibility index (Phi) is 8.25. The van der Waals surface area contributed by atoms with Crippen LogP contribution in [-0.2, 0) is 17.9 Å². The summed E-state index contributed by atoms with van der Waals surface area (Å²) in [6.07, 6.45) is 3.30. The van der Waals surface area contributed by atoms with Crippen LogP contribution in [0.5, 0.6) is 0 Å². The minimum Gasteiger partial charge on any atom is -0.380 e. The van der Waals surface area contributed by atoms with Crippen molar-refractivity contribution in [1.29, 1.82) is 0 Å². The zero-order valence-electron chi connectivity index (χ0n) is 23.6. The number of rotatable bonds is 8. The van der Waals surface area contributed by atoms with Crippen molar-refractivity contribution in [2.45, 2.75) is 64.8 Å². The van der Waals surface area contributed by atoms with E-state index in [0.717, 1.165) is 24.5 Å². The number of likely N-dealkylation sites (tertiary alicyclic amines) is 1. The SMILES string of the molecule is COCc1ccc(C(=O)N[C@@H]2CCCN(C(=O)Nc3cc4c(=O)n(CC5CC5)c(=O)n(C(C)C)c4cc3F)C2)cc1. The number of halogens is 1. The van der Waals surface area contributed by atoms with Gasteiger partial charge in [0.2, 0.25) is 0 Å². The van der Waals surface area contributed by atoms with Crippen LogP contribution >= 0.6 is 0 Å². The molecule has 1 aliphatic heterocycles. The van der Waals surface area contributed by atoms with Gasteiger partial charge in [0.25, 0.3) is 11.5 Å². The summed E-state index contributed by atoms with van der Waals surface area (Å²) in [7, 11) is 1.61. The molecule has 2 heterocycles. The molecule has 10 nitrogen and oxygen atoms in total. The molecule has 1 aromatic heterocycles. The fourth-order valence-corrected chi connectivity index (χ4v) is 5.37. The van der Waals surface area contributed by atoms with Crippen molar-refractivity contribution in [3.8, 4) is 0 Å². The van der Waals surface area contributed by atoms with E-state index in [0.29, 0.717) is 44.0 Å². The molecule has 0 unspecified atom stereocenters. The maximum Gasteiger partial charge on any atom is 0.331 e. The number of fused-ring (bicyclic) bond motifs is 1. The van der Waals surface area contributed by atoms with Crippen molar-refractivity contribution in [3.63, 3.8) is 0 Å². The Hall–Kier alpha value is -3.99. The van der Waals surface area contributed by atoms with Crippen LogP contribution in [0.4, 0.5) is 14.9 Å². The monoisotopic (exact) mass is 565 g/mol. The van der Waals surface area contributed by atoms with Crippen LogP contribution in [0.1, 0.15) is 61.5 Å². The fourth-order valence-electron chi connectivity index (χ4n) is 5.37. The topological polar surface area (TPSA) is 115 Å². The van der Waals surface area contributed by atoms with Crippen molar-refractivity contribution >= 4 is 28.5 Å². The van der Waals surface area contributed by atoms with E-state index in [1.54, 1.807) is 19.2 Å². The summed E-state index contributed by atoms with van der Waals surface area (Å²) < 4.78 is 23.0. The molecule has 2 N–H and O–H groups in total. The van der Waals surface area contributed by atoms with E-state index in [4.69, 9.17) is 4.74 Å². The highest BCUT2D eigenvalue weighted by atomic mass is 19.1. The minimum absolute atomic E-state index is 0.131. The predicted molar refractivity (Wildman–Crippen MR) is 154 cm³/mol. The normalized spacial score (nSPS) is 17.2. The number of nitrogens with one attached hydrogen (secondary N) is 2. The number of piperidine rings is 1. The average Bonchev–Trinajstić information content (AvgIpc) is 3.77. The van der Waals surface area contributed by atoms with Gasteiger partial charge in [-0.1, -0.05) is 12.1 Å². The number of urea groups is 1. The summed E-state index contributed by atoms with van der Waals surface area (Å²) in [6, 6.07) is 8.51. The molecule has 0 radical (unpaired) electrons. The molecule has 3 aromatic rings. The Bertz CT molecular complexity index is 1580. The lowest BCUT2D eigenvalue weighted by Crippen LogP contribution is -2.50. The quantitative estimate of drug-likeness (QED) is 0.431. The molecule has 2 aromatic carbocycles. The molecule has 0 bridgehead atoms. The van der Waals surface area contributed by atoms with E-state index in [2.05, 4.69) is 10.6 Å². The molecule has 5 rings (SSSR count). The first-order chi connectivity index (χ1) is 19.7. The third kappa shape index (κ3) is 6.19. The number of anilines is 1. The number of carbonyl (C=O) groups is 2. The van der Waals surface area contributed by atoms with Crippen LogP contribution in [0.15, 0.2) is 46.0 Å². The Morgan fingerprint density at radius 2 is 1.83 bits per heavy atom. The van der Waals surface area contributed by atoms with Gasteiger partial charge in [0.1, 0.15) is 5.82 Å². The Morgan fingerprint density at radius 3 is 2.49 bits per heavy atom. The van der Waals surface area contributed by atoms with Crippen molar-refractivity contribution in [2.75, 3.05) is 25.5 Å². The van der Waals surface area contributed by atoms with Crippen LogP contribution in [0.3, 0.4) is 0 Å². The van der Waals surface area contributed by atoms with Crippen molar-refractivity contribution in [1.82, 2.24) is 19.4 Å². The molecule has 218 valence electrons. The van der Waals surface area contributed by atoms with Crippen LogP contribution in [0, 0.1) is 11.7 Å². The van der Waals surface area contributed by atoms with Crippen LogP contribution in [0.2, 0.25) is 0 Å². The van der Waals surface area contributed by atoms with E-state index in [1.807, 2.05) is 26.0 Å². The van der Waals surface area contributed by atoms with Gasteiger partial charge in [-0.3, -0.25) is 18.7 Å². The van der Waals surface area contributed by atoms with E-state index in [1.165, 1.54) is 20.1 Å². The molecule has 1 saturated heterocycles. The van der Waals surface area contributed by atoms with Gasteiger partial charge in [-0.25, -0.2) is 14.0 Å². The number of aromatic nitrogens is 2. The molecule has 11 heteroatoms. The molecule has 2 fully saturated rings. The second kappa shape index (κ2) is 11.9. The highest BCUT2D eigenvalue weighted by molar-refractivity contribution is 5.95. The summed E-state index contributed by atoms with van der Waals surface area (Å²) in [5.41, 5.74) is 0.604. The third-order valence-corrected chi connectivity index (χ3v) is 7.72. The summed E-state index contributed by atoms with van der Waals surface area (Å²) in [5.74, 6) is -0.682. The van der Waals surface area contributed by atoms with Gasteiger partial charge in [-0.05, 0) is 69.2 Å². The minimum atomic E-state index is -0.738. The van der Waals surface area contributed by atoms with Crippen molar-refractivity contribution < 1.29 is 18.7 Å². The Labute approximate surface area is 237 Å². The third-order valence-electron chi connectivity index (χ3n) is 7.72. The maximum atomic E-state index is 15.3. The number of benzene rings is 2. The first-order valence-electron chi connectivity index (χ1n) is 14.1. The number of hydrogen-bond donors (Lipinski definition) is 2. The van der Waals surface area contributed by atoms with Gasteiger partial charge in [0.15, 0.2) is 0 Å². The fraction of sp³-hybridized carbons (Fsp3) is 0.467. The maximum absolute atomic E-state index is 15.3. The highest BCUT2D eigenvalue weighted by Gasteiger charge is 2.28. The number of hydrogen-bond acceptors (Lipinski definition) is 5. The van der Waals surface area contributed by atoms with Gasteiger partial charge >= 0.3 is 11.7 Å². The van der Waals surface area contributed by atoms with Gasteiger partial charge in [0, 0.05) is 50.5 Å². The van der Waals surface area contributed by atoms with Gasteiger partial charge in [-0.2, -0.15) is 0 Å². The molecule has 41 heavy (non-hydrogen) atoms. The van der Waals surface area contributed by atoms with Crippen LogP contribution < -0.4 is 21.9 Å². The van der Waals surface area contributed by atoms with Crippen LogP contribution in [-0.4, -0.2) is 52.2 Å². The molecule has 3 amide bonds. The van der Waals surface area contributed by atoms with Crippen molar-refractivity contribution in [2.24, 2.45) is 5.92 Å². The molecular formula is C30H36FN5O5. The number of carbonyl (C=O) groups excluding carboxylic acids is 2. The van der Waals surface area contributed by atoms with E-state index in [9.17, 15) is 19.2 Å². The zero-order valence-corrected chi connectivity index (χ0v) is 23.6. The number of amides is 3. The van der Waals surface area contributed by atoms with E-state index in [-0.39, 0.29) is 41.1 Å². The van der Waals surface area contributed by atoms with E-state index < -0.39 is 23.1 Å². The molecule has 1 saturated carbocycles. The largest absolute Gasteiger partial charge is 0.380 e. The molecule has 1 atom stereocenters. The van der Waals surface area contributed by atoms with Crippen LogP contribution in [0.25, 0.3) is 10.9 Å². The zero-order chi connectivity index (χ0) is 29.3. The lowest BCUT2D eigenvalue weighted by Gasteiger charge is -2.33. The van der Waals surface area contributed by atoms with Crippen molar-refractivity contribution in [3.05, 3.63) is 74.2 Å². The summed E-state index contributed by atoms with van der Waals surface area (Å²) >= 11 is 0. The first kappa shape index (κ1) is 28.5. The highest BCUT2D eigenvalue weighted by Crippen LogP contribution is 2.30. The summed E-state index contributed by atoms with van der Waals surface area (Å²) in [4.78, 5) is 53.9.